The second-order valence-corrected chi connectivity index (χ2v) is 6.29. The van der Waals surface area contributed by atoms with Gasteiger partial charge < -0.3 is 9.47 Å². The normalized spacial score (nSPS) is 12.9. The molecular weight excluding hydrogens is 340 g/mol. The van der Waals surface area contributed by atoms with Crippen LogP contribution in [0.3, 0.4) is 0 Å². The molecule has 1 aromatic heterocycles. The number of fused-ring (bicyclic) bond motifs is 2. The third-order valence-corrected chi connectivity index (χ3v) is 4.59. The lowest BCUT2D eigenvalue weighted by atomic mass is 10.1. The fourth-order valence-electron chi connectivity index (χ4n) is 3.32. The number of benzene rings is 3. The molecule has 1 aliphatic heterocycles. The van der Waals surface area contributed by atoms with Gasteiger partial charge in [0.2, 0.25) is 0 Å². The smallest absolute Gasteiger partial charge is 0.266 e. The zero-order valence-electron chi connectivity index (χ0n) is 14.5. The van der Waals surface area contributed by atoms with Crippen LogP contribution in [0.25, 0.3) is 28.0 Å². The molecule has 0 spiro atoms. The van der Waals surface area contributed by atoms with Crippen molar-refractivity contribution in [1.29, 1.82) is 0 Å². The summed E-state index contributed by atoms with van der Waals surface area (Å²) in [7, 11) is 0. The van der Waals surface area contributed by atoms with Crippen molar-refractivity contribution in [1.82, 2.24) is 9.55 Å². The lowest BCUT2D eigenvalue weighted by molar-refractivity contribution is 0.171. The number of para-hydroxylation sites is 1. The Bertz CT molecular complexity index is 1200. The molecule has 0 amide bonds. The van der Waals surface area contributed by atoms with Gasteiger partial charge in [-0.25, -0.2) is 4.98 Å². The molecule has 0 fully saturated rings. The molecular formula is C22H16N2O3. The molecule has 0 unspecified atom stereocenters. The zero-order chi connectivity index (χ0) is 18.2. The number of ether oxygens (including phenoxy) is 2. The summed E-state index contributed by atoms with van der Waals surface area (Å²) in [6, 6.07) is 22.6. The van der Waals surface area contributed by atoms with E-state index in [1.807, 2.05) is 66.7 Å². The molecule has 0 N–H and O–H groups in total. The monoisotopic (exact) mass is 356 g/mol. The van der Waals surface area contributed by atoms with Gasteiger partial charge in [-0.3, -0.25) is 9.36 Å². The Labute approximate surface area is 155 Å². The standard InChI is InChI=1S/C22H16N2O3/c25-22-17-8-4-5-9-18(17)23-21(15-6-2-1-3-7-15)24(22)16-10-11-19-20(14-16)27-13-12-26-19/h1-11,14H,12-13H2. The second-order valence-electron chi connectivity index (χ2n) is 6.29. The highest BCUT2D eigenvalue weighted by molar-refractivity contribution is 5.80. The quantitative estimate of drug-likeness (QED) is 0.548. The van der Waals surface area contributed by atoms with Crippen molar-refractivity contribution in [2.75, 3.05) is 13.2 Å². The minimum Gasteiger partial charge on any atom is -0.486 e. The molecule has 0 saturated heterocycles. The van der Waals surface area contributed by atoms with Crippen molar-refractivity contribution in [2.24, 2.45) is 0 Å². The number of rotatable bonds is 2. The second kappa shape index (κ2) is 6.29. The van der Waals surface area contributed by atoms with Crippen molar-refractivity contribution >= 4 is 10.9 Å². The number of aromatic nitrogens is 2. The summed E-state index contributed by atoms with van der Waals surface area (Å²) in [5.41, 5.74) is 2.13. The predicted octanol–water partition coefficient (Wildman–Crippen LogP) is 3.82. The highest BCUT2D eigenvalue weighted by atomic mass is 16.6. The summed E-state index contributed by atoms with van der Waals surface area (Å²) in [5.74, 6) is 1.92. The van der Waals surface area contributed by atoms with Crippen molar-refractivity contribution in [3.05, 3.63) is 83.2 Å². The minimum absolute atomic E-state index is 0.115. The van der Waals surface area contributed by atoms with E-state index in [1.54, 1.807) is 10.6 Å². The van der Waals surface area contributed by atoms with E-state index in [0.717, 1.165) is 5.56 Å². The Kier molecular flexibility index (Phi) is 3.64. The molecule has 5 rings (SSSR count). The molecule has 2 heterocycles. The van der Waals surface area contributed by atoms with Crippen LogP contribution in [0.2, 0.25) is 0 Å². The van der Waals surface area contributed by atoms with E-state index >= 15 is 0 Å². The van der Waals surface area contributed by atoms with Gasteiger partial charge in [-0.1, -0.05) is 42.5 Å². The zero-order valence-corrected chi connectivity index (χ0v) is 14.5. The number of hydrogen-bond acceptors (Lipinski definition) is 4. The van der Waals surface area contributed by atoms with E-state index in [2.05, 4.69) is 0 Å². The Morgan fingerprint density at radius 3 is 2.41 bits per heavy atom. The summed E-state index contributed by atoms with van der Waals surface area (Å²) in [5, 5.41) is 0.576. The van der Waals surface area contributed by atoms with E-state index in [-0.39, 0.29) is 5.56 Å². The molecule has 0 atom stereocenters. The maximum absolute atomic E-state index is 13.3. The Hall–Kier alpha value is -3.60. The van der Waals surface area contributed by atoms with Gasteiger partial charge in [0.15, 0.2) is 11.5 Å². The van der Waals surface area contributed by atoms with Gasteiger partial charge in [-0.05, 0) is 24.3 Å². The lowest BCUT2D eigenvalue weighted by Crippen LogP contribution is -2.22. The Morgan fingerprint density at radius 1 is 0.815 bits per heavy atom. The number of hydrogen-bond donors (Lipinski definition) is 0. The maximum Gasteiger partial charge on any atom is 0.266 e. The predicted molar refractivity (Wildman–Crippen MR) is 104 cm³/mol. The topological polar surface area (TPSA) is 53.4 Å². The Balaban J connectivity index is 1.82. The van der Waals surface area contributed by atoms with Crippen molar-refractivity contribution in [3.8, 4) is 28.6 Å². The molecule has 132 valence electrons. The Morgan fingerprint density at radius 2 is 1.56 bits per heavy atom. The molecule has 0 bridgehead atoms. The van der Waals surface area contributed by atoms with Crippen LogP contribution < -0.4 is 15.0 Å². The molecule has 0 aliphatic carbocycles. The average Bonchev–Trinajstić information content (AvgIpc) is 2.74. The van der Waals surface area contributed by atoms with E-state index in [9.17, 15) is 4.79 Å². The van der Waals surface area contributed by atoms with Crippen LogP contribution in [0.5, 0.6) is 11.5 Å². The van der Waals surface area contributed by atoms with E-state index in [4.69, 9.17) is 14.5 Å². The fraction of sp³-hybridized carbons (Fsp3) is 0.0909. The van der Waals surface area contributed by atoms with Gasteiger partial charge in [-0.2, -0.15) is 0 Å². The van der Waals surface area contributed by atoms with Gasteiger partial charge in [0.25, 0.3) is 5.56 Å². The summed E-state index contributed by atoms with van der Waals surface area (Å²) in [6.45, 7) is 1.02. The van der Waals surface area contributed by atoms with Gasteiger partial charge >= 0.3 is 0 Å². The molecule has 0 radical (unpaired) electrons. The summed E-state index contributed by atoms with van der Waals surface area (Å²) in [4.78, 5) is 18.1. The van der Waals surface area contributed by atoms with Crippen LogP contribution in [0.15, 0.2) is 77.6 Å². The number of nitrogens with zero attached hydrogens (tertiary/aromatic N) is 2. The van der Waals surface area contributed by atoms with Crippen LogP contribution >= 0.6 is 0 Å². The molecule has 3 aromatic carbocycles. The van der Waals surface area contributed by atoms with E-state index < -0.39 is 0 Å². The van der Waals surface area contributed by atoms with Crippen molar-refractivity contribution < 1.29 is 9.47 Å². The van der Waals surface area contributed by atoms with E-state index in [1.165, 1.54) is 0 Å². The highest BCUT2D eigenvalue weighted by Crippen LogP contribution is 2.33. The SMILES string of the molecule is O=c1c2ccccc2nc(-c2ccccc2)n1-c1ccc2c(c1)OCCO2. The van der Waals surface area contributed by atoms with Crippen LogP contribution in [0.1, 0.15) is 0 Å². The van der Waals surface area contributed by atoms with Gasteiger partial charge in [0.1, 0.15) is 19.0 Å². The first-order chi connectivity index (χ1) is 13.3. The summed E-state index contributed by atoms with van der Waals surface area (Å²) < 4.78 is 12.9. The third-order valence-electron chi connectivity index (χ3n) is 4.59. The average molecular weight is 356 g/mol. The van der Waals surface area contributed by atoms with Crippen LogP contribution in [-0.2, 0) is 0 Å². The van der Waals surface area contributed by atoms with Gasteiger partial charge in [0.05, 0.1) is 16.6 Å². The summed E-state index contributed by atoms with van der Waals surface area (Å²) in [6.07, 6.45) is 0. The van der Waals surface area contributed by atoms with Crippen molar-refractivity contribution in [2.45, 2.75) is 0 Å². The maximum atomic E-state index is 13.3. The van der Waals surface area contributed by atoms with Crippen LogP contribution in [-0.4, -0.2) is 22.8 Å². The largest absolute Gasteiger partial charge is 0.486 e. The van der Waals surface area contributed by atoms with Crippen molar-refractivity contribution in [3.63, 3.8) is 0 Å². The lowest BCUT2D eigenvalue weighted by Gasteiger charge is -2.20. The van der Waals surface area contributed by atoms with Gasteiger partial charge in [-0.15, -0.1) is 0 Å². The molecule has 5 nitrogen and oxygen atoms in total. The van der Waals surface area contributed by atoms with Crippen LogP contribution in [0, 0.1) is 0 Å². The molecule has 5 heteroatoms. The summed E-state index contributed by atoms with van der Waals surface area (Å²) >= 11 is 0. The third kappa shape index (κ3) is 2.64. The first-order valence-electron chi connectivity index (χ1n) is 8.78. The molecule has 27 heavy (non-hydrogen) atoms. The minimum atomic E-state index is -0.115. The molecule has 4 aromatic rings. The van der Waals surface area contributed by atoms with Crippen LogP contribution in [0.4, 0.5) is 0 Å². The molecule has 1 aliphatic rings. The molecule has 0 saturated carbocycles. The fourth-order valence-corrected chi connectivity index (χ4v) is 3.32. The van der Waals surface area contributed by atoms with Gasteiger partial charge in [0, 0.05) is 11.6 Å². The first-order valence-corrected chi connectivity index (χ1v) is 8.78. The highest BCUT2D eigenvalue weighted by Gasteiger charge is 2.17. The first kappa shape index (κ1) is 15.6. The van der Waals surface area contributed by atoms with E-state index in [0.29, 0.717) is 47.1 Å².